The van der Waals surface area contributed by atoms with Crippen LogP contribution in [0.15, 0.2) is 77.4 Å². The number of hydrogen-bond donors (Lipinski definition) is 2. The van der Waals surface area contributed by atoms with E-state index in [2.05, 4.69) is 13.8 Å². The van der Waals surface area contributed by atoms with Gasteiger partial charge in [0, 0.05) is 5.69 Å². The van der Waals surface area contributed by atoms with Gasteiger partial charge in [-0.05, 0) is 46.2 Å². The molecule has 0 spiro atoms. The summed E-state index contributed by atoms with van der Waals surface area (Å²) in [6, 6.07) is 16.8. The minimum Gasteiger partial charge on any atom is -0.503 e. The van der Waals surface area contributed by atoms with Crippen molar-refractivity contribution in [3.63, 3.8) is 0 Å². The van der Waals surface area contributed by atoms with Crippen LogP contribution in [0.3, 0.4) is 0 Å². The lowest BCUT2D eigenvalue weighted by atomic mass is 9.93. The van der Waals surface area contributed by atoms with E-state index in [0.29, 0.717) is 27.6 Å². The molecule has 1 unspecified atom stereocenters. The van der Waals surface area contributed by atoms with Crippen molar-refractivity contribution in [2.45, 2.75) is 32.2 Å². The SMILES string of the molecule is CC(C)c1ccc(C2C(C(=O)c3cccs3)=C(O)C(=O)N2c2ccc(CC(=O)O)cc2)cc1. The van der Waals surface area contributed by atoms with Crippen molar-refractivity contribution in [2.24, 2.45) is 0 Å². The number of aliphatic carboxylic acids is 1. The predicted octanol–water partition coefficient (Wildman–Crippen LogP) is 5.28. The number of ketones is 1. The third-order valence-corrected chi connectivity index (χ3v) is 6.56. The molecule has 0 bridgehead atoms. The van der Waals surface area contributed by atoms with Gasteiger partial charge in [-0.1, -0.05) is 56.3 Å². The fourth-order valence-corrected chi connectivity index (χ4v) is 4.65. The molecule has 1 amide bonds. The second-order valence-corrected chi connectivity index (χ2v) is 9.15. The lowest BCUT2D eigenvalue weighted by molar-refractivity contribution is -0.136. The normalized spacial score (nSPS) is 16.0. The topological polar surface area (TPSA) is 94.9 Å². The van der Waals surface area contributed by atoms with Gasteiger partial charge in [-0.2, -0.15) is 0 Å². The van der Waals surface area contributed by atoms with E-state index in [4.69, 9.17) is 5.11 Å². The van der Waals surface area contributed by atoms with Crippen LogP contribution in [-0.4, -0.2) is 27.9 Å². The number of rotatable bonds is 7. The number of carboxylic acid groups (broad SMARTS) is 1. The summed E-state index contributed by atoms with van der Waals surface area (Å²) in [5.41, 5.74) is 2.91. The monoisotopic (exact) mass is 461 g/mol. The second kappa shape index (κ2) is 9.03. The number of carbonyl (C=O) groups excluding carboxylic acids is 2. The molecule has 1 aliphatic rings. The minimum absolute atomic E-state index is 0.0364. The van der Waals surface area contributed by atoms with Crippen LogP contribution in [0.4, 0.5) is 5.69 Å². The number of nitrogens with zero attached hydrogens (tertiary/aromatic N) is 1. The maximum absolute atomic E-state index is 13.3. The van der Waals surface area contributed by atoms with Gasteiger partial charge in [0.05, 0.1) is 22.9 Å². The summed E-state index contributed by atoms with van der Waals surface area (Å²) >= 11 is 1.25. The molecule has 1 aliphatic heterocycles. The van der Waals surface area contributed by atoms with Crippen molar-refractivity contribution in [1.82, 2.24) is 0 Å². The molecule has 0 saturated heterocycles. The molecule has 4 rings (SSSR count). The number of aliphatic hydroxyl groups is 1. The summed E-state index contributed by atoms with van der Waals surface area (Å²) in [5, 5.41) is 21.6. The summed E-state index contributed by atoms with van der Waals surface area (Å²) in [7, 11) is 0. The standard InChI is InChI=1S/C26H23NO5S/c1-15(2)17-7-9-18(10-8-17)23-22(24(30)20-4-3-13-33-20)25(31)26(32)27(23)19-11-5-16(6-12-19)14-21(28)29/h3-13,15,23,31H,14H2,1-2H3,(H,28,29). The summed E-state index contributed by atoms with van der Waals surface area (Å²) < 4.78 is 0. The molecule has 7 heteroatoms. The molecule has 0 saturated carbocycles. The van der Waals surface area contributed by atoms with E-state index < -0.39 is 29.5 Å². The van der Waals surface area contributed by atoms with Crippen LogP contribution in [0.25, 0.3) is 0 Å². The molecule has 33 heavy (non-hydrogen) atoms. The first kappa shape index (κ1) is 22.5. The van der Waals surface area contributed by atoms with Crippen molar-refractivity contribution in [2.75, 3.05) is 4.90 Å². The maximum atomic E-state index is 13.3. The number of aliphatic hydroxyl groups excluding tert-OH is 1. The van der Waals surface area contributed by atoms with E-state index in [0.717, 1.165) is 5.56 Å². The number of Topliss-reactive ketones (excluding diaryl/α,β-unsaturated/α-hetero) is 1. The molecular formula is C26H23NO5S. The fraction of sp³-hybridized carbons (Fsp3) is 0.192. The molecule has 2 N–H and O–H groups in total. The molecule has 0 aliphatic carbocycles. The maximum Gasteiger partial charge on any atom is 0.307 e. The third kappa shape index (κ3) is 4.32. The summed E-state index contributed by atoms with van der Waals surface area (Å²) in [6.45, 7) is 4.16. The first-order valence-corrected chi connectivity index (χ1v) is 11.4. The van der Waals surface area contributed by atoms with Crippen LogP contribution in [0.5, 0.6) is 0 Å². The molecule has 6 nitrogen and oxygen atoms in total. The van der Waals surface area contributed by atoms with Crippen LogP contribution < -0.4 is 4.90 Å². The Balaban J connectivity index is 1.80. The Hall–Kier alpha value is -3.71. The van der Waals surface area contributed by atoms with Gasteiger partial charge in [0.15, 0.2) is 5.76 Å². The Morgan fingerprint density at radius 1 is 1.03 bits per heavy atom. The molecule has 3 aromatic rings. The van der Waals surface area contributed by atoms with Gasteiger partial charge >= 0.3 is 5.97 Å². The molecule has 2 aromatic carbocycles. The number of carbonyl (C=O) groups is 3. The zero-order valence-corrected chi connectivity index (χ0v) is 19.0. The van der Waals surface area contributed by atoms with Gasteiger partial charge in [-0.25, -0.2) is 0 Å². The van der Waals surface area contributed by atoms with Crippen molar-refractivity contribution >= 4 is 34.7 Å². The minimum atomic E-state index is -0.953. The van der Waals surface area contributed by atoms with Gasteiger partial charge in [0.1, 0.15) is 0 Å². The zero-order valence-electron chi connectivity index (χ0n) is 18.2. The quantitative estimate of drug-likeness (QED) is 0.467. The van der Waals surface area contributed by atoms with Crippen LogP contribution >= 0.6 is 11.3 Å². The lowest BCUT2D eigenvalue weighted by Crippen LogP contribution is -2.31. The van der Waals surface area contributed by atoms with Crippen molar-refractivity contribution < 1.29 is 24.6 Å². The van der Waals surface area contributed by atoms with E-state index in [1.807, 2.05) is 24.3 Å². The second-order valence-electron chi connectivity index (χ2n) is 8.20. The van der Waals surface area contributed by atoms with Crippen molar-refractivity contribution in [3.8, 4) is 0 Å². The highest BCUT2D eigenvalue weighted by atomic mass is 32.1. The van der Waals surface area contributed by atoms with Crippen LogP contribution in [0.1, 0.15) is 52.2 Å². The molecule has 0 radical (unpaired) electrons. The third-order valence-electron chi connectivity index (χ3n) is 5.69. The van der Waals surface area contributed by atoms with E-state index >= 15 is 0 Å². The number of benzene rings is 2. The van der Waals surface area contributed by atoms with Crippen LogP contribution in [0, 0.1) is 0 Å². The average Bonchev–Trinajstić information content (AvgIpc) is 3.41. The highest BCUT2D eigenvalue weighted by Crippen LogP contribution is 2.42. The van der Waals surface area contributed by atoms with E-state index in [1.54, 1.807) is 41.8 Å². The molecule has 0 fully saturated rings. The highest BCUT2D eigenvalue weighted by molar-refractivity contribution is 7.12. The summed E-state index contributed by atoms with van der Waals surface area (Å²) in [6.07, 6.45) is -0.139. The first-order valence-electron chi connectivity index (χ1n) is 10.5. The fourth-order valence-electron chi connectivity index (χ4n) is 3.97. The molecule has 168 valence electrons. The van der Waals surface area contributed by atoms with Crippen LogP contribution in [0.2, 0.25) is 0 Å². The summed E-state index contributed by atoms with van der Waals surface area (Å²) in [4.78, 5) is 39.3. The molecule has 1 atom stereocenters. The van der Waals surface area contributed by atoms with Crippen molar-refractivity contribution in [3.05, 3.63) is 98.9 Å². The smallest absolute Gasteiger partial charge is 0.307 e. The largest absolute Gasteiger partial charge is 0.503 e. The number of carboxylic acids is 1. The predicted molar refractivity (Wildman–Crippen MR) is 127 cm³/mol. The van der Waals surface area contributed by atoms with E-state index in [-0.39, 0.29) is 12.0 Å². The number of thiophene rings is 1. The Kier molecular flexibility index (Phi) is 6.16. The van der Waals surface area contributed by atoms with Gasteiger partial charge in [0.2, 0.25) is 5.78 Å². The van der Waals surface area contributed by atoms with E-state index in [1.165, 1.54) is 16.2 Å². The molecular weight excluding hydrogens is 438 g/mol. The Morgan fingerprint density at radius 2 is 1.70 bits per heavy atom. The summed E-state index contributed by atoms with van der Waals surface area (Å²) in [5.74, 6) is -2.26. The number of hydrogen-bond acceptors (Lipinski definition) is 5. The average molecular weight is 462 g/mol. The number of anilines is 1. The lowest BCUT2D eigenvalue weighted by Gasteiger charge is -2.27. The van der Waals surface area contributed by atoms with Crippen molar-refractivity contribution in [1.29, 1.82) is 0 Å². The van der Waals surface area contributed by atoms with Gasteiger partial charge in [0.25, 0.3) is 5.91 Å². The van der Waals surface area contributed by atoms with Crippen LogP contribution in [-0.2, 0) is 16.0 Å². The van der Waals surface area contributed by atoms with Gasteiger partial charge in [-0.3, -0.25) is 19.3 Å². The number of amides is 1. The van der Waals surface area contributed by atoms with Gasteiger partial charge < -0.3 is 10.2 Å². The first-order chi connectivity index (χ1) is 15.8. The zero-order chi connectivity index (χ0) is 23.7. The molecule has 2 heterocycles. The Labute approximate surface area is 195 Å². The molecule has 1 aromatic heterocycles. The van der Waals surface area contributed by atoms with Gasteiger partial charge in [-0.15, -0.1) is 11.3 Å². The highest BCUT2D eigenvalue weighted by Gasteiger charge is 2.44. The Morgan fingerprint density at radius 3 is 2.24 bits per heavy atom. The van der Waals surface area contributed by atoms with E-state index in [9.17, 15) is 19.5 Å². The Bertz CT molecular complexity index is 1220.